The highest BCUT2D eigenvalue weighted by Gasteiger charge is 2.34. The monoisotopic (exact) mass is 237 g/mol. The van der Waals surface area contributed by atoms with E-state index in [-0.39, 0.29) is 5.54 Å². The predicted molar refractivity (Wildman–Crippen MR) is 66.6 cm³/mol. The summed E-state index contributed by atoms with van der Waals surface area (Å²) < 4.78 is 5.71. The van der Waals surface area contributed by atoms with Gasteiger partial charge in [0.25, 0.3) is 0 Å². The number of nitrogens with one attached hydrogen (secondary N) is 1. The molecule has 0 aliphatic carbocycles. The van der Waals surface area contributed by atoms with Crippen molar-refractivity contribution in [1.82, 2.24) is 10.2 Å². The van der Waals surface area contributed by atoms with Gasteiger partial charge in [0.05, 0.1) is 18.6 Å². The standard InChI is InChI=1S/C13H23N3O/c1-13(2)10-16(9-12-4-3-7-17-12)11(5-6-14)8-15-13/h11-12,15H,3-5,7-10H2,1-2H3. The van der Waals surface area contributed by atoms with Gasteiger partial charge < -0.3 is 10.1 Å². The van der Waals surface area contributed by atoms with Gasteiger partial charge in [0.2, 0.25) is 0 Å². The Kier molecular flexibility index (Phi) is 4.03. The summed E-state index contributed by atoms with van der Waals surface area (Å²) >= 11 is 0. The van der Waals surface area contributed by atoms with Crippen LogP contribution in [0.25, 0.3) is 0 Å². The van der Waals surface area contributed by atoms with Gasteiger partial charge >= 0.3 is 0 Å². The molecule has 2 rings (SSSR count). The molecule has 0 saturated carbocycles. The van der Waals surface area contributed by atoms with Gasteiger partial charge in [0, 0.05) is 37.8 Å². The minimum atomic E-state index is 0.143. The zero-order valence-electron chi connectivity index (χ0n) is 10.9. The van der Waals surface area contributed by atoms with E-state index in [1.165, 1.54) is 12.8 Å². The lowest BCUT2D eigenvalue weighted by Gasteiger charge is -2.44. The van der Waals surface area contributed by atoms with E-state index in [4.69, 9.17) is 10.00 Å². The van der Waals surface area contributed by atoms with Crippen molar-refractivity contribution in [3.05, 3.63) is 0 Å². The molecule has 1 N–H and O–H groups in total. The van der Waals surface area contributed by atoms with E-state index in [9.17, 15) is 0 Å². The Morgan fingerprint density at radius 3 is 3.00 bits per heavy atom. The fourth-order valence-electron chi connectivity index (χ4n) is 2.79. The summed E-state index contributed by atoms with van der Waals surface area (Å²) in [5, 5.41) is 12.4. The maximum Gasteiger partial charge on any atom is 0.0702 e. The molecule has 2 atom stereocenters. The molecule has 2 aliphatic rings. The Bertz CT molecular complexity index is 292. The fraction of sp³-hybridized carbons (Fsp3) is 0.923. The second kappa shape index (κ2) is 5.34. The van der Waals surface area contributed by atoms with Crippen LogP contribution in [-0.2, 0) is 4.74 Å². The third-order valence-electron chi connectivity index (χ3n) is 3.72. The lowest BCUT2D eigenvalue weighted by Crippen LogP contribution is -2.62. The fourth-order valence-corrected chi connectivity index (χ4v) is 2.79. The summed E-state index contributed by atoms with van der Waals surface area (Å²) in [6.07, 6.45) is 3.34. The van der Waals surface area contributed by atoms with Crippen LogP contribution >= 0.6 is 0 Å². The average Bonchev–Trinajstić information content (AvgIpc) is 2.74. The first-order chi connectivity index (χ1) is 8.11. The lowest BCUT2D eigenvalue weighted by molar-refractivity contribution is 0.0277. The molecule has 0 spiro atoms. The number of hydrogen-bond acceptors (Lipinski definition) is 4. The number of rotatable bonds is 3. The molecule has 0 amide bonds. The zero-order chi connectivity index (χ0) is 12.3. The van der Waals surface area contributed by atoms with Crippen LogP contribution in [-0.4, -0.2) is 48.8 Å². The van der Waals surface area contributed by atoms with Crippen LogP contribution in [0.1, 0.15) is 33.1 Å². The van der Waals surface area contributed by atoms with E-state index in [0.29, 0.717) is 18.6 Å². The van der Waals surface area contributed by atoms with E-state index in [1.54, 1.807) is 0 Å². The quantitative estimate of drug-likeness (QED) is 0.799. The average molecular weight is 237 g/mol. The Labute approximate surface area is 104 Å². The number of nitriles is 1. The van der Waals surface area contributed by atoms with Gasteiger partial charge in [-0.05, 0) is 26.7 Å². The van der Waals surface area contributed by atoms with Crippen molar-refractivity contribution in [2.24, 2.45) is 0 Å². The van der Waals surface area contributed by atoms with Crippen molar-refractivity contribution < 1.29 is 4.74 Å². The Morgan fingerprint density at radius 2 is 2.35 bits per heavy atom. The molecule has 2 aliphatic heterocycles. The van der Waals surface area contributed by atoms with Gasteiger partial charge in [0.1, 0.15) is 0 Å². The third kappa shape index (κ3) is 3.41. The second-order valence-corrected chi connectivity index (χ2v) is 5.85. The van der Waals surface area contributed by atoms with Crippen molar-refractivity contribution in [2.45, 2.75) is 50.8 Å². The second-order valence-electron chi connectivity index (χ2n) is 5.85. The highest BCUT2D eigenvalue weighted by molar-refractivity contribution is 4.96. The summed E-state index contributed by atoms with van der Waals surface area (Å²) in [6, 6.07) is 2.64. The number of piperazine rings is 1. The molecule has 2 fully saturated rings. The summed E-state index contributed by atoms with van der Waals surface area (Å²) in [5.74, 6) is 0. The zero-order valence-corrected chi connectivity index (χ0v) is 10.9. The van der Waals surface area contributed by atoms with Crippen molar-refractivity contribution in [3.63, 3.8) is 0 Å². The molecular weight excluding hydrogens is 214 g/mol. The van der Waals surface area contributed by atoms with Crippen LogP contribution in [0.4, 0.5) is 0 Å². The minimum absolute atomic E-state index is 0.143. The largest absolute Gasteiger partial charge is 0.377 e. The molecule has 0 aromatic carbocycles. The predicted octanol–water partition coefficient (Wildman–Crippen LogP) is 1.13. The van der Waals surface area contributed by atoms with Crippen LogP contribution in [0.3, 0.4) is 0 Å². The topological polar surface area (TPSA) is 48.3 Å². The molecule has 96 valence electrons. The molecule has 2 heterocycles. The Hall–Kier alpha value is -0.630. The van der Waals surface area contributed by atoms with Crippen LogP contribution in [0.2, 0.25) is 0 Å². The number of nitrogens with zero attached hydrogens (tertiary/aromatic N) is 2. The van der Waals surface area contributed by atoms with E-state index in [1.807, 2.05) is 0 Å². The summed E-state index contributed by atoms with van der Waals surface area (Å²) in [5.41, 5.74) is 0.143. The first-order valence-corrected chi connectivity index (χ1v) is 6.58. The Balaban J connectivity index is 1.95. The van der Waals surface area contributed by atoms with E-state index >= 15 is 0 Å². The SMILES string of the molecule is CC1(C)CN(CC2CCCO2)C(CC#N)CN1. The van der Waals surface area contributed by atoms with Gasteiger partial charge in [-0.1, -0.05) is 0 Å². The molecule has 0 radical (unpaired) electrons. The third-order valence-corrected chi connectivity index (χ3v) is 3.72. The summed E-state index contributed by atoms with van der Waals surface area (Å²) in [4.78, 5) is 2.44. The molecule has 0 aromatic heterocycles. The van der Waals surface area contributed by atoms with E-state index < -0.39 is 0 Å². The van der Waals surface area contributed by atoms with Crippen molar-refractivity contribution in [2.75, 3.05) is 26.2 Å². The molecule has 4 heteroatoms. The maximum atomic E-state index is 8.89. The van der Waals surface area contributed by atoms with Gasteiger partial charge in [-0.2, -0.15) is 5.26 Å². The molecule has 0 bridgehead atoms. The van der Waals surface area contributed by atoms with Gasteiger partial charge in [-0.15, -0.1) is 0 Å². The molecule has 0 aromatic rings. The molecular formula is C13H23N3O. The molecule has 2 unspecified atom stereocenters. The highest BCUT2D eigenvalue weighted by Crippen LogP contribution is 2.21. The van der Waals surface area contributed by atoms with Crippen molar-refractivity contribution in [3.8, 4) is 6.07 Å². The summed E-state index contributed by atoms with van der Waals surface area (Å²) in [7, 11) is 0. The number of hydrogen-bond donors (Lipinski definition) is 1. The normalized spacial score (nSPS) is 33.5. The van der Waals surface area contributed by atoms with E-state index in [2.05, 4.69) is 30.1 Å². The minimum Gasteiger partial charge on any atom is -0.377 e. The van der Waals surface area contributed by atoms with Gasteiger partial charge in [-0.3, -0.25) is 4.90 Å². The first kappa shape index (κ1) is 12.8. The molecule has 17 heavy (non-hydrogen) atoms. The van der Waals surface area contributed by atoms with Crippen LogP contribution in [0.5, 0.6) is 0 Å². The van der Waals surface area contributed by atoms with Gasteiger partial charge in [0.15, 0.2) is 0 Å². The number of ether oxygens (including phenoxy) is 1. The maximum absolute atomic E-state index is 8.89. The lowest BCUT2D eigenvalue weighted by atomic mass is 9.97. The molecule has 4 nitrogen and oxygen atoms in total. The van der Waals surface area contributed by atoms with E-state index in [0.717, 1.165) is 26.2 Å². The van der Waals surface area contributed by atoms with Crippen molar-refractivity contribution in [1.29, 1.82) is 5.26 Å². The smallest absolute Gasteiger partial charge is 0.0702 e. The van der Waals surface area contributed by atoms with Crippen LogP contribution < -0.4 is 5.32 Å². The highest BCUT2D eigenvalue weighted by atomic mass is 16.5. The first-order valence-electron chi connectivity index (χ1n) is 6.58. The van der Waals surface area contributed by atoms with Crippen molar-refractivity contribution >= 4 is 0 Å². The Morgan fingerprint density at radius 1 is 1.53 bits per heavy atom. The van der Waals surface area contributed by atoms with Gasteiger partial charge in [-0.25, -0.2) is 0 Å². The van der Waals surface area contributed by atoms with Crippen LogP contribution in [0.15, 0.2) is 0 Å². The summed E-state index contributed by atoms with van der Waals surface area (Å²) in [6.45, 7) is 8.24. The van der Waals surface area contributed by atoms with Crippen LogP contribution in [0, 0.1) is 11.3 Å². The molecule has 2 saturated heterocycles.